The lowest BCUT2D eigenvalue weighted by Gasteiger charge is -2.17. The number of rotatable bonds is 9. The van der Waals surface area contributed by atoms with Gasteiger partial charge in [0.25, 0.3) is 0 Å². The second-order valence-corrected chi connectivity index (χ2v) is 12.4. The molecule has 2 heteroatoms. The SMILES string of the molecule is c1ccc(Nc2ccc(-c3ccc(Nc4ccc(-c5ccc(-c6ccccc6)cc5)cc4)c(-c4ccccc4)c3)cc2-c2ccccc2)cc1. The van der Waals surface area contributed by atoms with Gasteiger partial charge in [-0.15, -0.1) is 0 Å². The van der Waals surface area contributed by atoms with E-state index >= 15 is 0 Å². The Balaban J connectivity index is 1.10. The Labute approximate surface area is 294 Å². The zero-order chi connectivity index (χ0) is 33.5. The smallest absolute Gasteiger partial charge is 0.0464 e. The highest BCUT2D eigenvalue weighted by Gasteiger charge is 2.12. The third-order valence-corrected chi connectivity index (χ3v) is 9.08. The molecule has 0 amide bonds. The lowest BCUT2D eigenvalue weighted by Crippen LogP contribution is -1.96. The van der Waals surface area contributed by atoms with Crippen molar-refractivity contribution in [3.05, 3.63) is 206 Å². The van der Waals surface area contributed by atoms with E-state index in [1.54, 1.807) is 0 Å². The maximum atomic E-state index is 3.72. The van der Waals surface area contributed by atoms with E-state index in [0.29, 0.717) is 0 Å². The Morgan fingerprint density at radius 1 is 0.220 bits per heavy atom. The average molecular weight is 641 g/mol. The first-order valence-corrected chi connectivity index (χ1v) is 17.0. The minimum atomic E-state index is 1.04. The maximum Gasteiger partial charge on any atom is 0.0464 e. The summed E-state index contributed by atoms with van der Waals surface area (Å²) in [6.07, 6.45) is 0. The van der Waals surface area contributed by atoms with Crippen LogP contribution in [0.5, 0.6) is 0 Å². The molecule has 0 unspecified atom stereocenters. The summed E-state index contributed by atoms with van der Waals surface area (Å²) in [4.78, 5) is 0. The highest BCUT2D eigenvalue weighted by Crippen LogP contribution is 2.38. The Hall–Kier alpha value is -6.64. The summed E-state index contributed by atoms with van der Waals surface area (Å²) < 4.78 is 0. The van der Waals surface area contributed by atoms with Gasteiger partial charge in [-0.2, -0.15) is 0 Å². The molecule has 50 heavy (non-hydrogen) atoms. The summed E-state index contributed by atoms with van der Waals surface area (Å²) in [6.45, 7) is 0. The van der Waals surface area contributed by atoms with Crippen molar-refractivity contribution in [3.8, 4) is 55.6 Å². The van der Waals surface area contributed by atoms with Crippen LogP contribution in [-0.2, 0) is 0 Å². The second kappa shape index (κ2) is 14.2. The number of anilines is 4. The van der Waals surface area contributed by atoms with Gasteiger partial charge in [-0.1, -0.05) is 158 Å². The molecular weight excluding hydrogens is 605 g/mol. The molecule has 0 spiro atoms. The van der Waals surface area contributed by atoms with E-state index in [0.717, 1.165) is 50.6 Å². The molecule has 0 bridgehead atoms. The van der Waals surface area contributed by atoms with Gasteiger partial charge in [-0.05, 0) is 93.0 Å². The summed E-state index contributed by atoms with van der Waals surface area (Å²) >= 11 is 0. The standard InChI is InChI=1S/C48H36N2/c1-5-13-35(14-6-1)36-21-23-37(24-22-36)38-25-29-44(30-26-38)50-48-32-28-42(34-46(48)40-17-9-3-10-18-40)41-27-31-47(49-43-19-11-4-12-20-43)45(33-41)39-15-7-2-8-16-39/h1-34,49-50H. The van der Waals surface area contributed by atoms with Crippen LogP contribution in [0.1, 0.15) is 0 Å². The highest BCUT2D eigenvalue weighted by atomic mass is 14.9. The predicted octanol–water partition coefficient (Wildman–Crippen LogP) is 13.5. The molecule has 0 saturated carbocycles. The first kappa shape index (κ1) is 30.7. The molecule has 0 fully saturated rings. The summed E-state index contributed by atoms with van der Waals surface area (Å²) in [5.41, 5.74) is 16.0. The molecule has 2 nitrogen and oxygen atoms in total. The minimum absolute atomic E-state index is 1.04. The van der Waals surface area contributed by atoms with Gasteiger partial charge in [0, 0.05) is 33.9 Å². The fraction of sp³-hybridized carbons (Fsp3) is 0. The zero-order valence-corrected chi connectivity index (χ0v) is 27.6. The van der Waals surface area contributed by atoms with Gasteiger partial charge in [0.2, 0.25) is 0 Å². The summed E-state index contributed by atoms with van der Waals surface area (Å²) in [7, 11) is 0. The lowest BCUT2D eigenvalue weighted by atomic mass is 9.94. The quantitative estimate of drug-likeness (QED) is 0.164. The van der Waals surface area contributed by atoms with Crippen molar-refractivity contribution in [2.75, 3.05) is 10.6 Å². The third-order valence-electron chi connectivity index (χ3n) is 9.08. The number of nitrogens with one attached hydrogen (secondary N) is 2. The van der Waals surface area contributed by atoms with E-state index in [1.807, 2.05) is 6.07 Å². The molecule has 0 aliphatic carbocycles. The molecule has 238 valence electrons. The summed E-state index contributed by atoms with van der Waals surface area (Å²) in [5, 5.41) is 7.36. The third kappa shape index (κ3) is 6.82. The summed E-state index contributed by atoms with van der Waals surface area (Å²) in [5.74, 6) is 0. The van der Waals surface area contributed by atoms with Crippen LogP contribution >= 0.6 is 0 Å². The van der Waals surface area contributed by atoms with Gasteiger partial charge in [0.1, 0.15) is 0 Å². The van der Waals surface area contributed by atoms with Crippen molar-refractivity contribution >= 4 is 22.7 Å². The Morgan fingerprint density at radius 2 is 0.520 bits per heavy atom. The number of hydrogen-bond donors (Lipinski definition) is 2. The van der Waals surface area contributed by atoms with Crippen LogP contribution in [0.3, 0.4) is 0 Å². The number of benzene rings is 8. The lowest BCUT2D eigenvalue weighted by molar-refractivity contribution is 1.51. The fourth-order valence-electron chi connectivity index (χ4n) is 6.44. The highest BCUT2D eigenvalue weighted by molar-refractivity contribution is 5.89. The van der Waals surface area contributed by atoms with Gasteiger partial charge >= 0.3 is 0 Å². The second-order valence-electron chi connectivity index (χ2n) is 12.4. The van der Waals surface area contributed by atoms with Gasteiger partial charge in [0.05, 0.1) is 0 Å². The molecule has 0 saturated heterocycles. The monoisotopic (exact) mass is 640 g/mol. The molecule has 0 heterocycles. The van der Waals surface area contributed by atoms with E-state index in [-0.39, 0.29) is 0 Å². The summed E-state index contributed by atoms with van der Waals surface area (Å²) in [6, 6.07) is 72.9. The predicted molar refractivity (Wildman–Crippen MR) is 213 cm³/mol. The van der Waals surface area contributed by atoms with Crippen LogP contribution in [0.15, 0.2) is 206 Å². The van der Waals surface area contributed by atoms with Crippen molar-refractivity contribution in [2.45, 2.75) is 0 Å². The first-order chi connectivity index (χ1) is 24.8. The van der Waals surface area contributed by atoms with E-state index in [1.165, 1.54) is 27.8 Å². The van der Waals surface area contributed by atoms with Gasteiger partial charge in [-0.3, -0.25) is 0 Å². The Bertz CT molecular complexity index is 2310. The molecule has 0 atom stereocenters. The maximum absolute atomic E-state index is 3.72. The van der Waals surface area contributed by atoms with Crippen molar-refractivity contribution in [2.24, 2.45) is 0 Å². The molecule has 8 aromatic carbocycles. The van der Waals surface area contributed by atoms with Crippen molar-refractivity contribution in [1.29, 1.82) is 0 Å². The Kier molecular flexibility index (Phi) is 8.73. The van der Waals surface area contributed by atoms with Crippen LogP contribution in [0.25, 0.3) is 55.6 Å². The van der Waals surface area contributed by atoms with Gasteiger partial charge in [-0.25, -0.2) is 0 Å². The molecule has 0 aliphatic rings. The molecular formula is C48H36N2. The van der Waals surface area contributed by atoms with E-state index in [2.05, 4.69) is 211 Å². The van der Waals surface area contributed by atoms with Crippen molar-refractivity contribution in [1.82, 2.24) is 0 Å². The van der Waals surface area contributed by atoms with Crippen molar-refractivity contribution < 1.29 is 0 Å². The van der Waals surface area contributed by atoms with Crippen molar-refractivity contribution in [3.63, 3.8) is 0 Å². The fourth-order valence-corrected chi connectivity index (χ4v) is 6.44. The Morgan fingerprint density at radius 3 is 0.940 bits per heavy atom. The van der Waals surface area contributed by atoms with E-state index in [9.17, 15) is 0 Å². The zero-order valence-electron chi connectivity index (χ0n) is 27.6. The normalized spacial score (nSPS) is 10.8. The molecule has 0 radical (unpaired) electrons. The molecule has 8 rings (SSSR count). The number of para-hydroxylation sites is 1. The largest absolute Gasteiger partial charge is 0.355 e. The molecule has 0 aliphatic heterocycles. The minimum Gasteiger partial charge on any atom is -0.355 e. The van der Waals surface area contributed by atoms with Crippen LogP contribution < -0.4 is 10.6 Å². The van der Waals surface area contributed by atoms with E-state index in [4.69, 9.17) is 0 Å². The van der Waals surface area contributed by atoms with Gasteiger partial charge < -0.3 is 10.6 Å². The average Bonchev–Trinajstić information content (AvgIpc) is 3.20. The first-order valence-electron chi connectivity index (χ1n) is 17.0. The molecule has 8 aromatic rings. The molecule has 2 N–H and O–H groups in total. The van der Waals surface area contributed by atoms with Crippen LogP contribution in [0.4, 0.5) is 22.7 Å². The van der Waals surface area contributed by atoms with Crippen LogP contribution in [-0.4, -0.2) is 0 Å². The molecule has 0 aromatic heterocycles. The van der Waals surface area contributed by atoms with Crippen LogP contribution in [0.2, 0.25) is 0 Å². The van der Waals surface area contributed by atoms with Gasteiger partial charge in [0.15, 0.2) is 0 Å². The van der Waals surface area contributed by atoms with E-state index < -0.39 is 0 Å². The topological polar surface area (TPSA) is 24.1 Å². The van der Waals surface area contributed by atoms with Crippen LogP contribution in [0, 0.1) is 0 Å². The number of hydrogen-bond acceptors (Lipinski definition) is 2.